The quantitative estimate of drug-likeness (QED) is 0.744. The maximum atomic E-state index is 12.6. The van der Waals surface area contributed by atoms with E-state index < -0.39 is 0 Å². The molecule has 2 heterocycles. The molecule has 1 aliphatic heterocycles. The minimum absolute atomic E-state index is 0.267. The van der Waals surface area contributed by atoms with Crippen LogP contribution in [0.25, 0.3) is 6.08 Å². The predicted octanol–water partition coefficient (Wildman–Crippen LogP) is 4.67. The molecule has 2 aromatic rings. The van der Waals surface area contributed by atoms with E-state index in [0.29, 0.717) is 10.6 Å². The molecule has 24 heavy (non-hydrogen) atoms. The fraction of sp³-hybridized carbons (Fsp3) is 0.211. The number of anilines is 1. The number of hydrogen-bond donors (Lipinski definition) is 0. The fourth-order valence-corrected chi connectivity index (χ4v) is 3.34. The first-order valence-corrected chi connectivity index (χ1v) is 8.77. The zero-order chi connectivity index (χ0) is 16.9. The summed E-state index contributed by atoms with van der Waals surface area (Å²) >= 11 is 0.960. The number of carbonyl (C=O) groups is 2. The number of pyridine rings is 1. The molecule has 1 saturated heterocycles. The van der Waals surface area contributed by atoms with Crippen molar-refractivity contribution >= 4 is 34.7 Å². The van der Waals surface area contributed by atoms with Crippen LogP contribution in [0.4, 0.5) is 10.5 Å². The van der Waals surface area contributed by atoms with Gasteiger partial charge in [0, 0.05) is 12.4 Å². The maximum absolute atomic E-state index is 12.6. The van der Waals surface area contributed by atoms with Crippen molar-refractivity contribution in [3.63, 3.8) is 0 Å². The summed E-state index contributed by atoms with van der Waals surface area (Å²) in [6, 6.07) is 11.3. The van der Waals surface area contributed by atoms with Gasteiger partial charge in [-0.2, -0.15) is 0 Å². The van der Waals surface area contributed by atoms with Gasteiger partial charge in [-0.15, -0.1) is 0 Å². The third-order valence-corrected chi connectivity index (χ3v) is 4.66. The molecule has 0 spiro atoms. The Morgan fingerprint density at radius 3 is 2.62 bits per heavy atom. The van der Waals surface area contributed by atoms with Gasteiger partial charge in [-0.05, 0) is 60.0 Å². The third kappa shape index (κ3) is 3.57. The molecule has 0 saturated carbocycles. The molecule has 3 rings (SSSR count). The topological polar surface area (TPSA) is 50.3 Å². The molecule has 0 N–H and O–H groups in total. The summed E-state index contributed by atoms with van der Waals surface area (Å²) in [5.41, 5.74) is 2.64. The van der Waals surface area contributed by atoms with E-state index in [9.17, 15) is 9.59 Å². The zero-order valence-electron chi connectivity index (χ0n) is 13.4. The number of nitrogens with zero attached hydrogens (tertiary/aromatic N) is 2. The van der Waals surface area contributed by atoms with Crippen molar-refractivity contribution in [1.29, 1.82) is 0 Å². The molecule has 1 fully saturated rings. The number of carbonyl (C=O) groups excluding carboxylic acids is 2. The Morgan fingerprint density at radius 2 is 1.96 bits per heavy atom. The van der Waals surface area contributed by atoms with Crippen LogP contribution >= 0.6 is 11.8 Å². The van der Waals surface area contributed by atoms with Crippen LogP contribution in [0, 0.1) is 0 Å². The molecule has 0 aliphatic carbocycles. The van der Waals surface area contributed by atoms with Crippen LogP contribution in [0.1, 0.15) is 30.9 Å². The molecule has 1 aliphatic rings. The average molecular weight is 338 g/mol. The summed E-state index contributed by atoms with van der Waals surface area (Å²) in [6.45, 7) is 2.16. The Balaban J connectivity index is 1.80. The first-order valence-electron chi connectivity index (χ1n) is 7.96. The van der Waals surface area contributed by atoms with Gasteiger partial charge in [0.2, 0.25) is 0 Å². The van der Waals surface area contributed by atoms with Gasteiger partial charge in [0.1, 0.15) is 0 Å². The Kier molecular flexibility index (Phi) is 5.11. The van der Waals surface area contributed by atoms with Gasteiger partial charge in [-0.25, -0.2) is 4.90 Å². The molecule has 4 nitrogen and oxygen atoms in total. The molecular weight excluding hydrogens is 320 g/mol. The third-order valence-electron chi connectivity index (χ3n) is 3.79. The zero-order valence-corrected chi connectivity index (χ0v) is 14.3. The lowest BCUT2D eigenvalue weighted by molar-refractivity contribution is -0.113. The molecule has 122 valence electrons. The summed E-state index contributed by atoms with van der Waals surface area (Å²) in [5.74, 6) is -0.282. The molecule has 1 aromatic heterocycles. The SMILES string of the molecule is CCCCc1ccc(N2C(=O)S/C(=C\c3cccnc3)C2=O)cc1. The number of unbranched alkanes of at least 4 members (excludes halogenated alkanes) is 1. The number of rotatable bonds is 5. The molecule has 0 unspecified atom stereocenters. The maximum Gasteiger partial charge on any atom is 0.298 e. The van der Waals surface area contributed by atoms with E-state index in [2.05, 4.69) is 11.9 Å². The average Bonchev–Trinajstić information content (AvgIpc) is 2.88. The van der Waals surface area contributed by atoms with Gasteiger partial charge < -0.3 is 0 Å². The van der Waals surface area contributed by atoms with Gasteiger partial charge in [0.15, 0.2) is 0 Å². The van der Waals surface area contributed by atoms with Crippen molar-refractivity contribution < 1.29 is 9.59 Å². The first-order chi connectivity index (χ1) is 11.7. The number of benzene rings is 1. The normalized spacial score (nSPS) is 16.2. The van der Waals surface area contributed by atoms with Gasteiger partial charge >= 0.3 is 0 Å². The fourth-order valence-electron chi connectivity index (χ4n) is 2.50. The van der Waals surface area contributed by atoms with Crippen molar-refractivity contribution in [1.82, 2.24) is 4.98 Å². The lowest BCUT2D eigenvalue weighted by Gasteiger charge is -2.13. The second-order valence-corrected chi connectivity index (χ2v) is 6.57. The van der Waals surface area contributed by atoms with E-state index in [1.165, 1.54) is 10.5 Å². The first kappa shape index (κ1) is 16.5. The van der Waals surface area contributed by atoms with Gasteiger partial charge in [0.05, 0.1) is 10.6 Å². The van der Waals surface area contributed by atoms with Crippen LogP contribution < -0.4 is 4.90 Å². The number of amides is 2. The summed E-state index contributed by atoms with van der Waals surface area (Å²) < 4.78 is 0. The Labute approximate surface area is 145 Å². The molecular formula is C19H18N2O2S. The van der Waals surface area contributed by atoms with Crippen molar-refractivity contribution in [2.75, 3.05) is 4.90 Å². The summed E-state index contributed by atoms with van der Waals surface area (Å²) in [4.78, 5) is 30.5. The number of thioether (sulfide) groups is 1. The standard InChI is InChI=1S/C19H18N2O2S/c1-2-3-5-14-7-9-16(10-8-14)21-18(22)17(24-19(21)23)12-15-6-4-11-20-13-15/h4,6-13H,2-3,5H2,1H3/b17-12-. The van der Waals surface area contributed by atoms with Crippen molar-refractivity contribution in [3.8, 4) is 0 Å². The van der Waals surface area contributed by atoms with E-state index in [1.54, 1.807) is 24.5 Å². The Hall–Kier alpha value is -2.40. The second-order valence-electron chi connectivity index (χ2n) is 5.57. The van der Waals surface area contributed by atoms with Crippen molar-refractivity contribution in [2.45, 2.75) is 26.2 Å². The number of imide groups is 1. The minimum atomic E-state index is -0.282. The molecule has 5 heteroatoms. The lowest BCUT2D eigenvalue weighted by atomic mass is 10.1. The number of aromatic nitrogens is 1. The molecule has 2 amide bonds. The van der Waals surface area contributed by atoms with E-state index in [1.807, 2.05) is 30.3 Å². The highest BCUT2D eigenvalue weighted by molar-refractivity contribution is 8.19. The second kappa shape index (κ2) is 7.45. The molecule has 0 atom stereocenters. The highest BCUT2D eigenvalue weighted by Crippen LogP contribution is 2.35. The van der Waals surface area contributed by atoms with Crippen LogP contribution in [0.2, 0.25) is 0 Å². The largest absolute Gasteiger partial charge is 0.298 e. The number of aryl methyl sites for hydroxylation is 1. The van der Waals surface area contributed by atoms with Crippen LogP contribution in [0.3, 0.4) is 0 Å². The number of hydrogen-bond acceptors (Lipinski definition) is 4. The van der Waals surface area contributed by atoms with Gasteiger partial charge in [0.25, 0.3) is 11.1 Å². The highest BCUT2D eigenvalue weighted by atomic mass is 32.2. The smallest absolute Gasteiger partial charge is 0.268 e. The van der Waals surface area contributed by atoms with Crippen LogP contribution in [0.15, 0.2) is 53.7 Å². The Bertz CT molecular complexity index is 770. The molecule has 1 aromatic carbocycles. The van der Waals surface area contributed by atoms with Gasteiger partial charge in [-0.3, -0.25) is 14.6 Å². The summed E-state index contributed by atoms with van der Waals surface area (Å²) in [6.07, 6.45) is 8.32. The summed E-state index contributed by atoms with van der Waals surface area (Å²) in [5, 5.41) is -0.267. The van der Waals surface area contributed by atoms with Crippen molar-refractivity contribution in [3.05, 3.63) is 64.8 Å². The highest BCUT2D eigenvalue weighted by Gasteiger charge is 2.36. The van der Waals surface area contributed by atoms with E-state index in [4.69, 9.17) is 0 Å². The Morgan fingerprint density at radius 1 is 1.17 bits per heavy atom. The lowest BCUT2D eigenvalue weighted by Crippen LogP contribution is -2.27. The molecule has 0 radical (unpaired) electrons. The van der Waals surface area contributed by atoms with Crippen LogP contribution in [-0.4, -0.2) is 16.1 Å². The van der Waals surface area contributed by atoms with E-state index >= 15 is 0 Å². The van der Waals surface area contributed by atoms with Crippen molar-refractivity contribution in [2.24, 2.45) is 0 Å². The van der Waals surface area contributed by atoms with E-state index in [-0.39, 0.29) is 11.1 Å². The summed E-state index contributed by atoms with van der Waals surface area (Å²) in [7, 11) is 0. The molecule has 0 bridgehead atoms. The van der Waals surface area contributed by atoms with Crippen LogP contribution in [-0.2, 0) is 11.2 Å². The van der Waals surface area contributed by atoms with E-state index in [0.717, 1.165) is 36.6 Å². The monoisotopic (exact) mass is 338 g/mol. The predicted molar refractivity (Wildman–Crippen MR) is 97.7 cm³/mol. The van der Waals surface area contributed by atoms with Crippen LogP contribution in [0.5, 0.6) is 0 Å². The minimum Gasteiger partial charge on any atom is -0.268 e. The van der Waals surface area contributed by atoms with Gasteiger partial charge in [-0.1, -0.05) is 31.5 Å².